The number of nitrogens with one attached hydrogen (secondary N) is 1. The lowest BCUT2D eigenvalue weighted by atomic mass is 10.1. The Morgan fingerprint density at radius 2 is 2.17 bits per heavy atom. The van der Waals surface area contributed by atoms with E-state index in [0.717, 1.165) is 6.42 Å². The lowest BCUT2D eigenvalue weighted by Gasteiger charge is -2.22. The summed E-state index contributed by atoms with van der Waals surface area (Å²) in [5.74, 6) is -0.210. The second kappa shape index (κ2) is 6.07. The molecule has 3 N–H and O–H groups in total. The molecular weight excluding hydrogens is 252 g/mol. The number of carbonyl (C=O) groups excluding carboxylic acids is 1. The molecule has 0 aromatic heterocycles. The fourth-order valence-corrected chi connectivity index (χ4v) is 1.30. The summed E-state index contributed by atoms with van der Waals surface area (Å²) in [6.45, 7) is 5.92. The van der Waals surface area contributed by atoms with Crippen LogP contribution in [-0.4, -0.2) is 18.1 Å². The van der Waals surface area contributed by atoms with E-state index >= 15 is 0 Å². The van der Waals surface area contributed by atoms with E-state index < -0.39 is 0 Å². The third-order valence-electron chi connectivity index (χ3n) is 2.73. The van der Waals surface area contributed by atoms with Crippen LogP contribution in [0.5, 0.6) is 0 Å². The largest absolute Gasteiger partial charge is 0.397 e. The number of nitrogens with two attached hydrogens (primary N) is 1. The van der Waals surface area contributed by atoms with Crippen LogP contribution < -0.4 is 11.1 Å². The van der Waals surface area contributed by atoms with E-state index in [1.165, 1.54) is 0 Å². The highest BCUT2D eigenvalue weighted by Crippen LogP contribution is 2.22. The third kappa shape index (κ3) is 4.55. The molecule has 0 bridgehead atoms. The minimum atomic E-state index is -0.295. The van der Waals surface area contributed by atoms with Crippen molar-refractivity contribution in [2.75, 3.05) is 17.7 Å². The van der Waals surface area contributed by atoms with Gasteiger partial charge in [-0.3, -0.25) is 4.79 Å². The number of nitrogen functional groups attached to an aromatic ring is 1. The fourth-order valence-electron chi connectivity index (χ4n) is 1.18. The summed E-state index contributed by atoms with van der Waals surface area (Å²) in [4.78, 5) is 11.7. The number of ether oxygens (including phenoxy) is 1. The lowest BCUT2D eigenvalue weighted by Crippen LogP contribution is -2.29. The maximum atomic E-state index is 11.7. The van der Waals surface area contributed by atoms with E-state index in [0.29, 0.717) is 16.4 Å². The number of benzene rings is 1. The first kappa shape index (κ1) is 14.8. The average molecular weight is 271 g/mol. The number of halogens is 1. The van der Waals surface area contributed by atoms with Crippen LogP contribution in [0.1, 0.15) is 27.2 Å². The molecular formula is C13H19ClN2O2. The maximum absolute atomic E-state index is 11.7. The molecule has 0 atom stereocenters. The number of anilines is 2. The number of amides is 1. The van der Waals surface area contributed by atoms with Crippen molar-refractivity contribution < 1.29 is 9.53 Å². The Labute approximate surface area is 112 Å². The first-order valence-corrected chi connectivity index (χ1v) is 6.20. The summed E-state index contributed by atoms with van der Waals surface area (Å²) >= 11 is 5.79. The van der Waals surface area contributed by atoms with Crippen molar-refractivity contribution >= 4 is 28.9 Å². The molecule has 5 heteroatoms. The van der Waals surface area contributed by atoms with Crippen LogP contribution in [0.4, 0.5) is 11.4 Å². The van der Waals surface area contributed by atoms with Gasteiger partial charge in [0.1, 0.15) is 6.61 Å². The molecule has 4 nitrogen and oxygen atoms in total. The highest BCUT2D eigenvalue weighted by molar-refractivity contribution is 6.33. The van der Waals surface area contributed by atoms with Crippen LogP contribution in [0.3, 0.4) is 0 Å². The zero-order valence-electron chi connectivity index (χ0n) is 10.9. The molecule has 0 spiro atoms. The van der Waals surface area contributed by atoms with Gasteiger partial charge in [0.15, 0.2) is 0 Å². The molecule has 0 aliphatic carbocycles. The van der Waals surface area contributed by atoms with Crippen LogP contribution in [-0.2, 0) is 9.53 Å². The summed E-state index contributed by atoms with van der Waals surface area (Å²) < 4.78 is 5.50. The van der Waals surface area contributed by atoms with Crippen molar-refractivity contribution in [2.24, 2.45) is 0 Å². The standard InChI is InChI=1S/C13H19ClN2O2/c1-4-13(2,3)18-8-12(17)16-9-5-6-10(14)11(15)7-9/h5-7H,4,8,15H2,1-3H3,(H,16,17). The van der Waals surface area contributed by atoms with Crippen molar-refractivity contribution in [3.63, 3.8) is 0 Å². The SMILES string of the molecule is CCC(C)(C)OCC(=O)Nc1ccc(Cl)c(N)c1. The zero-order valence-corrected chi connectivity index (χ0v) is 11.7. The number of hydrogen-bond acceptors (Lipinski definition) is 3. The van der Waals surface area contributed by atoms with Gasteiger partial charge in [-0.25, -0.2) is 0 Å². The van der Waals surface area contributed by atoms with Gasteiger partial charge in [0.05, 0.1) is 16.3 Å². The second-order valence-corrected chi connectivity index (χ2v) is 5.09. The van der Waals surface area contributed by atoms with Crippen LogP contribution >= 0.6 is 11.6 Å². The minimum Gasteiger partial charge on any atom is -0.397 e. The van der Waals surface area contributed by atoms with Crippen molar-refractivity contribution in [1.82, 2.24) is 0 Å². The normalized spacial score (nSPS) is 11.3. The van der Waals surface area contributed by atoms with Gasteiger partial charge in [0.2, 0.25) is 5.91 Å². The Morgan fingerprint density at radius 1 is 1.50 bits per heavy atom. The van der Waals surface area contributed by atoms with Gasteiger partial charge in [-0.2, -0.15) is 0 Å². The van der Waals surface area contributed by atoms with Gasteiger partial charge in [-0.15, -0.1) is 0 Å². The van der Waals surface area contributed by atoms with Crippen molar-refractivity contribution in [3.05, 3.63) is 23.2 Å². The Hall–Kier alpha value is -1.26. The van der Waals surface area contributed by atoms with E-state index in [9.17, 15) is 4.79 Å². The minimum absolute atomic E-state index is 0.0172. The molecule has 0 fully saturated rings. The van der Waals surface area contributed by atoms with Crippen LogP contribution in [0.2, 0.25) is 5.02 Å². The summed E-state index contributed by atoms with van der Waals surface area (Å²) in [7, 11) is 0. The molecule has 0 aliphatic heterocycles. The Morgan fingerprint density at radius 3 is 2.72 bits per heavy atom. The van der Waals surface area contributed by atoms with Crippen LogP contribution in [0.15, 0.2) is 18.2 Å². The molecule has 0 unspecified atom stereocenters. The predicted molar refractivity (Wildman–Crippen MR) is 74.8 cm³/mol. The highest BCUT2D eigenvalue weighted by atomic mass is 35.5. The molecule has 100 valence electrons. The lowest BCUT2D eigenvalue weighted by molar-refractivity contribution is -0.126. The van der Waals surface area contributed by atoms with Gasteiger partial charge in [-0.05, 0) is 38.5 Å². The van der Waals surface area contributed by atoms with Gasteiger partial charge in [0, 0.05) is 5.69 Å². The average Bonchev–Trinajstić information content (AvgIpc) is 2.32. The number of rotatable bonds is 5. The second-order valence-electron chi connectivity index (χ2n) is 4.69. The first-order valence-electron chi connectivity index (χ1n) is 5.83. The zero-order chi connectivity index (χ0) is 13.8. The Kier molecular flexibility index (Phi) is 4.99. The van der Waals surface area contributed by atoms with E-state index in [-0.39, 0.29) is 18.1 Å². The monoisotopic (exact) mass is 270 g/mol. The maximum Gasteiger partial charge on any atom is 0.250 e. The molecule has 0 radical (unpaired) electrons. The van der Waals surface area contributed by atoms with Crippen LogP contribution in [0, 0.1) is 0 Å². The van der Waals surface area contributed by atoms with Crippen molar-refractivity contribution in [1.29, 1.82) is 0 Å². The molecule has 1 aromatic rings. The molecule has 18 heavy (non-hydrogen) atoms. The molecule has 1 aromatic carbocycles. The summed E-state index contributed by atoms with van der Waals surface area (Å²) in [6.07, 6.45) is 0.841. The topological polar surface area (TPSA) is 64.3 Å². The highest BCUT2D eigenvalue weighted by Gasteiger charge is 2.17. The Bertz CT molecular complexity index is 433. The summed E-state index contributed by atoms with van der Waals surface area (Å²) in [5.41, 5.74) is 6.40. The molecule has 1 rings (SSSR count). The fraction of sp³-hybridized carbons (Fsp3) is 0.462. The van der Waals surface area contributed by atoms with E-state index in [1.54, 1.807) is 18.2 Å². The first-order chi connectivity index (χ1) is 8.34. The summed E-state index contributed by atoms with van der Waals surface area (Å²) in [6, 6.07) is 4.95. The quantitative estimate of drug-likeness (QED) is 0.808. The van der Waals surface area contributed by atoms with E-state index in [2.05, 4.69) is 5.32 Å². The van der Waals surface area contributed by atoms with Gasteiger partial charge in [0.25, 0.3) is 0 Å². The van der Waals surface area contributed by atoms with Crippen molar-refractivity contribution in [3.8, 4) is 0 Å². The van der Waals surface area contributed by atoms with Gasteiger partial charge >= 0.3 is 0 Å². The third-order valence-corrected chi connectivity index (χ3v) is 3.07. The smallest absolute Gasteiger partial charge is 0.250 e. The molecule has 0 aliphatic rings. The molecule has 1 amide bonds. The number of carbonyl (C=O) groups is 1. The Balaban J connectivity index is 2.52. The van der Waals surface area contributed by atoms with Gasteiger partial charge in [-0.1, -0.05) is 18.5 Å². The van der Waals surface area contributed by atoms with Crippen LogP contribution in [0.25, 0.3) is 0 Å². The molecule has 0 saturated heterocycles. The summed E-state index contributed by atoms with van der Waals surface area (Å²) in [5, 5.41) is 3.17. The molecule has 0 saturated carbocycles. The van der Waals surface area contributed by atoms with E-state index in [4.69, 9.17) is 22.1 Å². The van der Waals surface area contributed by atoms with E-state index in [1.807, 2.05) is 20.8 Å². The predicted octanol–water partition coefficient (Wildman–Crippen LogP) is 3.07. The van der Waals surface area contributed by atoms with Gasteiger partial charge < -0.3 is 15.8 Å². The molecule has 0 heterocycles. The number of hydrogen-bond donors (Lipinski definition) is 2. The van der Waals surface area contributed by atoms with Crippen molar-refractivity contribution in [2.45, 2.75) is 32.8 Å².